The summed E-state index contributed by atoms with van der Waals surface area (Å²) in [5, 5.41) is 5.38. The van der Waals surface area contributed by atoms with Crippen molar-refractivity contribution in [3.63, 3.8) is 0 Å². The van der Waals surface area contributed by atoms with Crippen LogP contribution in [0.5, 0.6) is 0 Å². The third-order valence-electron chi connectivity index (χ3n) is 4.18. The van der Waals surface area contributed by atoms with Gasteiger partial charge in [-0.25, -0.2) is 4.99 Å². The molecule has 10 heteroatoms. The molecule has 0 spiro atoms. The third kappa shape index (κ3) is 5.92. The normalized spacial score (nSPS) is 17.6. The summed E-state index contributed by atoms with van der Waals surface area (Å²) in [5.41, 5.74) is -1.15. The van der Waals surface area contributed by atoms with E-state index in [4.69, 9.17) is 4.74 Å². The van der Waals surface area contributed by atoms with E-state index in [0.717, 1.165) is 37.1 Å². The molecule has 1 unspecified atom stereocenters. The van der Waals surface area contributed by atoms with Crippen LogP contribution in [0.2, 0.25) is 0 Å². The van der Waals surface area contributed by atoms with Crippen LogP contribution in [0.25, 0.3) is 0 Å². The van der Waals surface area contributed by atoms with E-state index >= 15 is 0 Å². The van der Waals surface area contributed by atoms with Gasteiger partial charge in [0.25, 0.3) is 5.91 Å². The van der Waals surface area contributed by atoms with Crippen LogP contribution in [0.15, 0.2) is 52.3 Å². The standard InChI is InChI=1S/C19H19F3N4O3/c20-19(21,22)13-8-6-12(7-9-13)17(28)26-18(23-14-3-2-10-29-11-14)25-15-4-1-5-16(27)24-15/h1,4-9,14H,2-3,10-11H2,(H3,23,24,25,26,27,28). The summed E-state index contributed by atoms with van der Waals surface area (Å²) in [7, 11) is 0. The van der Waals surface area contributed by atoms with Gasteiger partial charge in [-0.2, -0.15) is 13.2 Å². The molecule has 3 rings (SSSR count). The van der Waals surface area contributed by atoms with E-state index in [1.54, 1.807) is 6.07 Å². The first-order valence-electron chi connectivity index (χ1n) is 8.92. The SMILES string of the molecule is O=C(NC(=NC1CCCOC1)Nc1cccc(=O)[nH]1)c1ccc(C(F)(F)F)cc1. The fourth-order valence-corrected chi connectivity index (χ4v) is 2.74. The van der Waals surface area contributed by atoms with Gasteiger partial charge in [-0.15, -0.1) is 0 Å². The van der Waals surface area contributed by atoms with Crippen LogP contribution in [0.1, 0.15) is 28.8 Å². The van der Waals surface area contributed by atoms with E-state index in [2.05, 4.69) is 20.6 Å². The van der Waals surface area contributed by atoms with Gasteiger partial charge in [-0.1, -0.05) is 6.07 Å². The zero-order valence-electron chi connectivity index (χ0n) is 15.3. The first-order valence-corrected chi connectivity index (χ1v) is 8.92. The molecule has 1 atom stereocenters. The topological polar surface area (TPSA) is 95.6 Å². The molecule has 1 aromatic heterocycles. The number of pyridine rings is 1. The van der Waals surface area contributed by atoms with E-state index in [1.807, 2.05) is 0 Å². The van der Waals surface area contributed by atoms with Crippen LogP contribution < -0.4 is 16.2 Å². The molecule has 3 N–H and O–H groups in total. The van der Waals surface area contributed by atoms with Crippen molar-refractivity contribution in [2.75, 3.05) is 18.5 Å². The number of guanidine groups is 1. The van der Waals surface area contributed by atoms with E-state index in [0.29, 0.717) is 19.0 Å². The molecule has 0 saturated carbocycles. The van der Waals surface area contributed by atoms with Crippen LogP contribution >= 0.6 is 0 Å². The smallest absolute Gasteiger partial charge is 0.379 e. The van der Waals surface area contributed by atoms with Crippen LogP contribution in [-0.4, -0.2) is 36.1 Å². The highest BCUT2D eigenvalue weighted by atomic mass is 19.4. The molecule has 0 radical (unpaired) electrons. The van der Waals surface area contributed by atoms with Gasteiger partial charge in [0.05, 0.1) is 18.2 Å². The number of halogens is 3. The lowest BCUT2D eigenvalue weighted by Crippen LogP contribution is -2.38. The minimum absolute atomic E-state index is 0.0361. The molecule has 1 saturated heterocycles. The summed E-state index contributed by atoms with van der Waals surface area (Å²) in [5.74, 6) is -0.270. The number of amides is 1. The number of benzene rings is 1. The number of alkyl halides is 3. The molecule has 0 aliphatic carbocycles. The van der Waals surface area contributed by atoms with Gasteiger partial charge in [0.15, 0.2) is 0 Å². The molecule has 1 aliphatic rings. The molecule has 154 valence electrons. The molecule has 1 fully saturated rings. The second-order valence-corrected chi connectivity index (χ2v) is 6.43. The van der Waals surface area contributed by atoms with Crippen molar-refractivity contribution in [3.05, 3.63) is 63.9 Å². The molecule has 29 heavy (non-hydrogen) atoms. The second-order valence-electron chi connectivity index (χ2n) is 6.43. The maximum absolute atomic E-state index is 12.7. The molecule has 1 aliphatic heterocycles. The lowest BCUT2D eigenvalue weighted by molar-refractivity contribution is -0.137. The average Bonchev–Trinajstić information content (AvgIpc) is 2.68. The molecule has 1 aromatic carbocycles. The molecular weight excluding hydrogens is 389 g/mol. The summed E-state index contributed by atoms with van der Waals surface area (Å²) in [6, 6.07) is 8.09. The Balaban J connectivity index is 1.78. The number of rotatable bonds is 3. The Bertz CT molecular complexity index is 933. The van der Waals surface area contributed by atoms with Gasteiger partial charge in [-0.3, -0.25) is 14.9 Å². The summed E-state index contributed by atoms with van der Waals surface area (Å²) >= 11 is 0. The molecule has 7 nitrogen and oxygen atoms in total. The van der Waals surface area contributed by atoms with Crippen LogP contribution in [-0.2, 0) is 10.9 Å². The fraction of sp³-hybridized carbons (Fsp3) is 0.316. The minimum Gasteiger partial charge on any atom is -0.379 e. The predicted molar refractivity (Wildman–Crippen MR) is 101 cm³/mol. The largest absolute Gasteiger partial charge is 0.416 e. The number of aromatic amines is 1. The number of nitrogens with one attached hydrogen (secondary N) is 3. The maximum Gasteiger partial charge on any atom is 0.416 e. The summed E-state index contributed by atoms with van der Waals surface area (Å²) in [6.45, 7) is 1.02. The van der Waals surface area contributed by atoms with Crippen molar-refractivity contribution in [1.82, 2.24) is 10.3 Å². The summed E-state index contributed by atoms with van der Waals surface area (Å²) in [4.78, 5) is 31.0. The summed E-state index contributed by atoms with van der Waals surface area (Å²) < 4.78 is 43.5. The molecule has 0 bridgehead atoms. The van der Waals surface area contributed by atoms with Crippen molar-refractivity contribution in [2.45, 2.75) is 25.1 Å². The Morgan fingerprint density at radius 2 is 1.93 bits per heavy atom. The quantitative estimate of drug-likeness (QED) is 0.538. The van der Waals surface area contributed by atoms with Crippen molar-refractivity contribution in [2.24, 2.45) is 4.99 Å². The number of anilines is 1. The van der Waals surface area contributed by atoms with Gasteiger partial charge in [0.1, 0.15) is 5.82 Å². The molecular formula is C19H19F3N4O3. The molecule has 1 amide bonds. The number of nitrogens with zero attached hydrogens (tertiary/aromatic N) is 1. The number of aliphatic imine (C=N–C) groups is 1. The highest BCUT2D eigenvalue weighted by Gasteiger charge is 2.30. The van der Waals surface area contributed by atoms with E-state index in [9.17, 15) is 22.8 Å². The minimum atomic E-state index is -4.48. The first kappa shape index (κ1) is 20.6. The first-order chi connectivity index (χ1) is 13.8. The fourth-order valence-electron chi connectivity index (χ4n) is 2.74. The Kier molecular flexibility index (Phi) is 6.32. The average molecular weight is 408 g/mol. The van der Waals surface area contributed by atoms with E-state index < -0.39 is 17.6 Å². The monoisotopic (exact) mass is 408 g/mol. The molecule has 2 aromatic rings. The zero-order valence-corrected chi connectivity index (χ0v) is 15.3. The number of H-pyrrole nitrogens is 1. The van der Waals surface area contributed by atoms with E-state index in [1.165, 1.54) is 12.1 Å². The number of ether oxygens (including phenoxy) is 1. The van der Waals surface area contributed by atoms with Crippen molar-refractivity contribution < 1.29 is 22.7 Å². The van der Waals surface area contributed by atoms with Gasteiger partial charge in [0.2, 0.25) is 11.5 Å². The van der Waals surface area contributed by atoms with Crippen molar-refractivity contribution in [3.8, 4) is 0 Å². The number of hydrogen-bond donors (Lipinski definition) is 3. The van der Waals surface area contributed by atoms with Gasteiger partial charge in [-0.05, 0) is 43.2 Å². The number of carbonyl (C=O) groups is 1. The molecule has 2 heterocycles. The van der Waals surface area contributed by atoms with Crippen LogP contribution in [0.4, 0.5) is 19.0 Å². The second kappa shape index (κ2) is 8.91. The number of aromatic nitrogens is 1. The lowest BCUT2D eigenvalue weighted by Gasteiger charge is -2.20. The Morgan fingerprint density at radius 1 is 1.17 bits per heavy atom. The predicted octanol–water partition coefficient (Wildman–Crippen LogP) is 2.77. The van der Waals surface area contributed by atoms with Crippen LogP contribution in [0, 0.1) is 0 Å². The van der Waals surface area contributed by atoms with Crippen molar-refractivity contribution in [1.29, 1.82) is 0 Å². The maximum atomic E-state index is 12.7. The number of carbonyl (C=O) groups excluding carboxylic acids is 1. The Morgan fingerprint density at radius 3 is 2.55 bits per heavy atom. The van der Waals surface area contributed by atoms with E-state index in [-0.39, 0.29) is 23.1 Å². The summed E-state index contributed by atoms with van der Waals surface area (Å²) in [6.07, 6.45) is -2.91. The van der Waals surface area contributed by atoms with Gasteiger partial charge in [0, 0.05) is 18.2 Å². The Labute approximate surface area is 164 Å². The Hall–Kier alpha value is -3.14. The van der Waals surface area contributed by atoms with Gasteiger partial charge >= 0.3 is 6.18 Å². The van der Waals surface area contributed by atoms with Crippen LogP contribution in [0.3, 0.4) is 0 Å². The van der Waals surface area contributed by atoms with Crippen molar-refractivity contribution >= 4 is 17.7 Å². The lowest BCUT2D eigenvalue weighted by atomic mass is 10.1. The highest BCUT2D eigenvalue weighted by Crippen LogP contribution is 2.29. The van der Waals surface area contributed by atoms with Gasteiger partial charge < -0.3 is 15.0 Å². The third-order valence-corrected chi connectivity index (χ3v) is 4.18. The number of hydrogen-bond acceptors (Lipinski definition) is 4. The zero-order chi connectivity index (χ0) is 20.9. The highest BCUT2D eigenvalue weighted by molar-refractivity contribution is 6.09.